The number of amides is 1. The van der Waals surface area contributed by atoms with Crippen LogP contribution in [0.4, 0.5) is 11.4 Å². The molecule has 1 aliphatic rings. The zero-order chi connectivity index (χ0) is 17.5. The van der Waals surface area contributed by atoms with Crippen molar-refractivity contribution in [3.8, 4) is 0 Å². The summed E-state index contributed by atoms with van der Waals surface area (Å²) in [6.45, 7) is 5.99. The van der Waals surface area contributed by atoms with Gasteiger partial charge in [-0.2, -0.15) is 0 Å². The molecule has 4 heteroatoms. The monoisotopic (exact) mass is 352 g/mol. The second-order valence-electron chi connectivity index (χ2n) is 6.14. The third kappa shape index (κ3) is 4.67. The predicted octanol–water partition coefficient (Wildman–Crippen LogP) is 5.21. The first kappa shape index (κ1) is 17.6. The van der Waals surface area contributed by atoms with Gasteiger partial charge in [-0.1, -0.05) is 18.2 Å². The van der Waals surface area contributed by atoms with E-state index in [0.29, 0.717) is 5.56 Å². The Morgan fingerprint density at radius 3 is 2.52 bits per heavy atom. The van der Waals surface area contributed by atoms with E-state index in [1.54, 1.807) is 11.8 Å². The first-order valence-electron chi connectivity index (χ1n) is 8.77. The molecule has 3 rings (SSSR count). The van der Waals surface area contributed by atoms with Crippen molar-refractivity contribution in [2.45, 2.75) is 24.2 Å². The molecule has 0 saturated carbocycles. The highest BCUT2D eigenvalue weighted by Crippen LogP contribution is 2.25. The van der Waals surface area contributed by atoms with E-state index in [2.05, 4.69) is 28.9 Å². The first-order valence-corrected chi connectivity index (χ1v) is 9.75. The van der Waals surface area contributed by atoms with E-state index >= 15 is 0 Å². The van der Waals surface area contributed by atoms with Crippen molar-refractivity contribution in [2.75, 3.05) is 29.1 Å². The van der Waals surface area contributed by atoms with Crippen LogP contribution in [0.25, 0.3) is 0 Å². The molecule has 25 heavy (non-hydrogen) atoms. The van der Waals surface area contributed by atoms with Crippen molar-refractivity contribution in [3.05, 3.63) is 66.7 Å². The fraction of sp³-hybridized carbons (Fsp3) is 0.286. The summed E-state index contributed by atoms with van der Waals surface area (Å²) in [6, 6.07) is 15.9. The van der Waals surface area contributed by atoms with Crippen LogP contribution in [0.15, 0.2) is 66.1 Å². The highest BCUT2D eigenvalue weighted by atomic mass is 32.2. The molecule has 1 N–H and O–H groups in total. The van der Waals surface area contributed by atoms with Crippen molar-refractivity contribution in [1.82, 2.24) is 0 Å². The number of anilines is 2. The lowest BCUT2D eigenvalue weighted by molar-refractivity contribution is 0.102. The topological polar surface area (TPSA) is 32.3 Å². The summed E-state index contributed by atoms with van der Waals surface area (Å²) in [4.78, 5) is 16.0. The molecule has 1 saturated heterocycles. The largest absolute Gasteiger partial charge is 0.372 e. The van der Waals surface area contributed by atoms with E-state index in [4.69, 9.17) is 0 Å². The smallest absolute Gasteiger partial charge is 0.256 e. The number of hydrogen-bond donors (Lipinski definition) is 1. The minimum Gasteiger partial charge on any atom is -0.372 e. The number of piperidine rings is 1. The minimum absolute atomic E-state index is 0.0714. The van der Waals surface area contributed by atoms with Gasteiger partial charge in [0.1, 0.15) is 0 Å². The van der Waals surface area contributed by atoms with E-state index in [1.807, 2.05) is 42.5 Å². The van der Waals surface area contributed by atoms with Crippen LogP contribution in [-0.2, 0) is 0 Å². The van der Waals surface area contributed by atoms with Crippen molar-refractivity contribution < 1.29 is 4.79 Å². The molecule has 0 radical (unpaired) electrons. The second-order valence-corrected chi connectivity index (χ2v) is 7.21. The fourth-order valence-corrected chi connectivity index (χ4v) is 3.82. The third-order valence-electron chi connectivity index (χ3n) is 4.33. The summed E-state index contributed by atoms with van der Waals surface area (Å²) in [5.41, 5.74) is 2.77. The third-order valence-corrected chi connectivity index (χ3v) is 5.40. The van der Waals surface area contributed by atoms with E-state index in [9.17, 15) is 4.79 Å². The number of hydrogen-bond acceptors (Lipinski definition) is 3. The summed E-state index contributed by atoms with van der Waals surface area (Å²) < 4.78 is 0. The zero-order valence-electron chi connectivity index (χ0n) is 14.4. The molecule has 1 aliphatic heterocycles. The second kappa shape index (κ2) is 8.77. The van der Waals surface area contributed by atoms with Crippen LogP contribution >= 0.6 is 11.8 Å². The zero-order valence-corrected chi connectivity index (χ0v) is 15.2. The molecule has 3 nitrogen and oxygen atoms in total. The van der Waals surface area contributed by atoms with Gasteiger partial charge in [-0.05, 0) is 55.7 Å². The predicted molar refractivity (Wildman–Crippen MR) is 108 cm³/mol. The summed E-state index contributed by atoms with van der Waals surface area (Å²) in [7, 11) is 0. The maximum absolute atomic E-state index is 12.6. The summed E-state index contributed by atoms with van der Waals surface area (Å²) in [6.07, 6.45) is 5.70. The van der Waals surface area contributed by atoms with Gasteiger partial charge >= 0.3 is 0 Å². The van der Waals surface area contributed by atoms with Crippen LogP contribution in [0.3, 0.4) is 0 Å². The first-order chi connectivity index (χ1) is 12.3. The molecule has 0 spiro atoms. The SMILES string of the molecule is C=CCSc1ccccc1C(=O)Nc1ccc(N2CCCCC2)cc1. The fourth-order valence-electron chi connectivity index (χ4n) is 3.03. The summed E-state index contributed by atoms with van der Waals surface area (Å²) >= 11 is 1.62. The Morgan fingerprint density at radius 1 is 1.08 bits per heavy atom. The normalized spacial score (nSPS) is 14.2. The van der Waals surface area contributed by atoms with Gasteiger partial charge in [0.25, 0.3) is 5.91 Å². The lowest BCUT2D eigenvalue weighted by Crippen LogP contribution is -2.29. The standard InChI is InChI=1S/C21H24N2OS/c1-2-16-25-20-9-5-4-8-19(20)21(24)22-17-10-12-18(13-11-17)23-14-6-3-7-15-23/h2,4-5,8-13H,1,3,6-7,14-16H2,(H,22,24). The average molecular weight is 353 g/mol. The molecular formula is C21H24N2OS. The molecule has 2 aromatic rings. The summed E-state index contributed by atoms with van der Waals surface area (Å²) in [5, 5.41) is 3.01. The molecule has 0 bridgehead atoms. The van der Waals surface area contributed by atoms with Crippen molar-refractivity contribution in [1.29, 1.82) is 0 Å². The lowest BCUT2D eigenvalue weighted by atomic mass is 10.1. The van der Waals surface area contributed by atoms with Crippen LogP contribution in [0.1, 0.15) is 29.6 Å². The maximum Gasteiger partial charge on any atom is 0.256 e. The highest BCUT2D eigenvalue weighted by molar-refractivity contribution is 7.99. The maximum atomic E-state index is 12.6. The van der Waals surface area contributed by atoms with Crippen LogP contribution in [0.2, 0.25) is 0 Å². The van der Waals surface area contributed by atoms with Crippen molar-refractivity contribution >= 4 is 29.0 Å². The van der Waals surface area contributed by atoms with Gasteiger partial charge in [0.15, 0.2) is 0 Å². The Hall–Kier alpha value is -2.20. The van der Waals surface area contributed by atoms with E-state index in [0.717, 1.165) is 29.4 Å². The Balaban J connectivity index is 1.67. The molecule has 1 amide bonds. The molecule has 130 valence electrons. The molecule has 0 unspecified atom stereocenters. The van der Waals surface area contributed by atoms with Gasteiger partial charge in [0.05, 0.1) is 5.56 Å². The Kier molecular flexibility index (Phi) is 6.18. The number of nitrogens with zero attached hydrogens (tertiary/aromatic N) is 1. The number of nitrogens with one attached hydrogen (secondary N) is 1. The van der Waals surface area contributed by atoms with Crippen molar-refractivity contribution in [2.24, 2.45) is 0 Å². The van der Waals surface area contributed by atoms with Gasteiger partial charge < -0.3 is 10.2 Å². The average Bonchev–Trinajstić information content (AvgIpc) is 2.68. The Labute approximate surface area is 154 Å². The number of thioether (sulfide) groups is 1. The van der Waals surface area contributed by atoms with Gasteiger partial charge in [0, 0.05) is 35.1 Å². The van der Waals surface area contributed by atoms with Crippen LogP contribution in [-0.4, -0.2) is 24.7 Å². The number of benzene rings is 2. The lowest BCUT2D eigenvalue weighted by Gasteiger charge is -2.28. The summed E-state index contributed by atoms with van der Waals surface area (Å²) in [5.74, 6) is 0.715. The van der Waals surface area contributed by atoms with Gasteiger partial charge in [0.2, 0.25) is 0 Å². The number of carbonyl (C=O) groups is 1. The van der Waals surface area contributed by atoms with Crippen LogP contribution < -0.4 is 10.2 Å². The van der Waals surface area contributed by atoms with Gasteiger partial charge in [-0.3, -0.25) is 4.79 Å². The Morgan fingerprint density at radius 2 is 1.80 bits per heavy atom. The van der Waals surface area contributed by atoms with Gasteiger partial charge in [-0.15, -0.1) is 18.3 Å². The van der Waals surface area contributed by atoms with E-state index < -0.39 is 0 Å². The molecular weight excluding hydrogens is 328 g/mol. The molecule has 2 aromatic carbocycles. The molecule has 1 heterocycles. The van der Waals surface area contributed by atoms with Crippen LogP contribution in [0.5, 0.6) is 0 Å². The molecule has 1 fully saturated rings. The molecule has 0 aromatic heterocycles. The molecule has 0 aliphatic carbocycles. The number of rotatable bonds is 6. The van der Waals surface area contributed by atoms with Gasteiger partial charge in [-0.25, -0.2) is 0 Å². The quantitative estimate of drug-likeness (QED) is 0.572. The van der Waals surface area contributed by atoms with E-state index in [-0.39, 0.29) is 5.91 Å². The molecule has 0 atom stereocenters. The Bertz CT molecular complexity index is 721. The van der Waals surface area contributed by atoms with Crippen molar-refractivity contribution in [3.63, 3.8) is 0 Å². The minimum atomic E-state index is -0.0714. The highest BCUT2D eigenvalue weighted by Gasteiger charge is 2.13. The number of carbonyl (C=O) groups excluding carboxylic acids is 1. The van der Waals surface area contributed by atoms with E-state index in [1.165, 1.54) is 24.9 Å². The van der Waals surface area contributed by atoms with Crippen LogP contribution in [0, 0.1) is 0 Å².